The number of nitrogens with zero attached hydrogens (tertiary/aromatic N) is 1. The van der Waals surface area contributed by atoms with Crippen molar-refractivity contribution in [2.24, 2.45) is 5.10 Å². The van der Waals surface area contributed by atoms with Gasteiger partial charge in [-0.15, -0.1) is 0 Å². The summed E-state index contributed by atoms with van der Waals surface area (Å²) in [6, 6.07) is 13.3. The number of nitrogens with one attached hydrogen (secondary N) is 1. The summed E-state index contributed by atoms with van der Waals surface area (Å²) in [6.07, 6.45) is 1.86. The van der Waals surface area contributed by atoms with Gasteiger partial charge in [-0.25, -0.2) is 5.43 Å². The van der Waals surface area contributed by atoms with E-state index in [0.717, 1.165) is 14.7 Å². The number of ether oxygens (including phenoxy) is 2. The summed E-state index contributed by atoms with van der Waals surface area (Å²) in [4.78, 5) is 11.9. The van der Waals surface area contributed by atoms with Crippen LogP contribution < -0.4 is 14.9 Å². The van der Waals surface area contributed by atoms with E-state index in [1.165, 1.54) is 0 Å². The van der Waals surface area contributed by atoms with E-state index in [9.17, 15) is 4.79 Å². The number of halogens is 1. The van der Waals surface area contributed by atoms with Gasteiger partial charge < -0.3 is 9.47 Å². The number of rotatable bonds is 4. The molecule has 0 spiro atoms. The molecule has 0 saturated heterocycles. The van der Waals surface area contributed by atoms with E-state index in [4.69, 9.17) is 9.47 Å². The summed E-state index contributed by atoms with van der Waals surface area (Å²) in [7, 11) is 0. The van der Waals surface area contributed by atoms with E-state index in [0.29, 0.717) is 11.5 Å². The molecule has 1 aliphatic rings. The highest BCUT2D eigenvalue weighted by Gasteiger charge is 2.14. The van der Waals surface area contributed by atoms with Gasteiger partial charge in [0.15, 0.2) is 11.5 Å². The van der Waals surface area contributed by atoms with Gasteiger partial charge >= 0.3 is 0 Å². The molecule has 112 valence electrons. The van der Waals surface area contributed by atoms with E-state index in [-0.39, 0.29) is 19.1 Å². The van der Waals surface area contributed by atoms with Gasteiger partial charge in [-0.2, -0.15) is 5.10 Å². The molecule has 0 aromatic heterocycles. The summed E-state index contributed by atoms with van der Waals surface area (Å²) in [5.41, 5.74) is 4.32. The normalized spacial score (nSPS) is 12.6. The van der Waals surface area contributed by atoms with Crippen molar-refractivity contribution in [2.45, 2.75) is 6.42 Å². The van der Waals surface area contributed by atoms with Gasteiger partial charge in [-0.05, 0) is 58.0 Å². The Hall–Kier alpha value is -2.09. The lowest BCUT2D eigenvalue weighted by Gasteiger charge is -2.02. The molecule has 3 rings (SSSR count). The van der Waals surface area contributed by atoms with Gasteiger partial charge in [0, 0.05) is 3.57 Å². The van der Waals surface area contributed by atoms with Crippen molar-refractivity contribution in [2.75, 3.05) is 6.79 Å². The minimum atomic E-state index is -0.180. The Balaban J connectivity index is 1.56. The van der Waals surface area contributed by atoms with Crippen LogP contribution >= 0.6 is 22.6 Å². The first kappa shape index (κ1) is 14.8. The Morgan fingerprint density at radius 2 is 2.09 bits per heavy atom. The van der Waals surface area contributed by atoms with Crippen LogP contribution in [0.5, 0.6) is 11.5 Å². The lowest BCUT2D eigenvalue weighted by molar-refractivity contribution is -0.120. The molecule has 2 aromatic rings. The Kier molecular flexibility index (Phi) is 4.57. The number of hydrogen-bond donors (Lipinski definition) is 1. The molecule has 0 unspecified atom stereocenters. The van der Waals surface area contributed by atoms with Crippen molar-refractivity contribution in [1.82, 2.24) is 5.43 Å². The Labute approximate surface area is 141 Å². The van der Waals surface area contributed by atoms with E-state index >= 15 is 0 Å². The van der Waals surface area contributed by atoms with Crippen LogP contribution in [0.4, 0.5) is 0 Å². The standard InChI is InChI=1S/C16H13IN2O3/c17-13-3-1-2-12(6-13)9-18-19-16(20)8-11-4-5-14-15(7-11)22-10-21-14/h1-7,9H,8,10H2,(H,19,20)/b18-9-. The van der Waals surface area contributed by atoms with Crippen molar-refractivity contribution in [3.63, 3.8) is 0 Å². The minimum absolute atomic E-state index is 0.180. The first-order chi connectivity index (χ1) is 10.7. The minimum Gasteiger partial charge on any atom is -0.454 e. The summed E-state index contributed by atoms with van der Waals surface area (Å²) in [5.74, 6) is 1.20. The van der Waals surface area contributed by atoms with Crippen LogP contribution in [0.1, 0.15) is 11.1 Å². The van der Waals surface area contributed by atoms with Crippen molar-refractivity contribution < 1.29 is 14.3 Å². The summed E-state index contributed by atoms with van der Waals surface area (Å²) in [6.45, 7) is 0.227. The molecule has 22 heavy (non-hydrogen) atoms. The number of amides is 1. The van der Waals surface area contributed by atoms with Crippen LogP contribution in [-0.4, -0.2) is 18.9 Å². The third-order valence-corrected chi connectivity index (χ3v) is 3.72. The molecule has 1 N–H and O–H groups in total. The molecule has 5 nitrogen and oxygen atoms in total. The Morgan fingerprint density at radius 1 is 1.23 bits per heavy atom. The maximum Gasteiger partial charge on any atom is 0.244 e. The average Bonchev–Trinajstić information content (AvgIpc) is 2.95. The van der Waals surface area contributed by atoms with Crippen molar-refractivity contribution in [3.05, 3.63) is 57.2 Å². The summed E-state index contributed by atoms with van der Waals surface area (Å²) in [5, 5.41) is 3.97. The van der Waals surface area contributed by atoms with Crippen LogP contribution in [0.3, 0.4) is 0 Å². The number of fused-ring (bicyclic) bond motifs is 1. The second-order valence-electron chi connectivity index (χ2n) is 4.71. The van der Waals surface area contributed by atoms with Crippen molar-refractivity contribution in [3.8, 4) is 11.5 Å². The summed E-state index contributed by atoms with van der Waals surface area (Å²) < 4.78 is 11.6. The highest BCUT2D eigenvalue weighted by Crippen LogP contribution is 2.32. The Morgan fingerprint density at radius 3 is 2.95 bits per heavy atom. The highest BCUT2D eigenvalue weighted by atomic mass is 127. The molecule has 1 heterocycles. The predicted octanol–water partition coefficient (Wildman–Crippen LogP) is 2.71. The molecule has 1 amide bonds. The molecule has 0 aliphatic carbocycles. The highest BCUT2D eigenvalue weighted by molar-refractivity contribution is 14.1. The van der Waals surface area contributed by atoms with Crippen LogP contribution in [-0.2, 0) is 11.2 Å². The van der Waals surface area contributed by atoms with Crippen molar-refractivity contribution in [1.29, 1.82) is 0 Å². The molecule has 0 atom stereocenters. The Bertz CT molecular complexity index is 731. The van der Waals surface area contributed by atoms with Gasteiger partial charge in [0.2, 0.25) is 12.7 Å². The summed E-state index contributed by atoms with van der Waals surface area (Å²) >= 11 is 2.23. The molecule has 6 heteroatoms. The van der Waals surface area contributed by atoms with Gasteiger partial charge in [0.1, 0.15) is 0 Å². The fourth-order valence-electron chi connectivity index (χ4n) is 2.04. The molecule has 1 aliphatic heterocycles. The largest absolute Gasteiger partial charge is 0.454 e. The van der Waals surface area contributed by atoms with E-state index in [1.54, 1.807) is 12.3 Å². The first-order valence-corrected chi connectivity index (χ1v) is 7.74. The fourth-order valence-corrected chi connectivity index (χ4v) is 2.61. The molecule has 2 aromatic carbocycles. The molecule has 0 radical (unpaired) electrons. The number of hydrogen-bond acceptors (Lipinski definition) is 4. The second-order valence-corrected chi connectivity index (χ2v) is 5.96. The SMILES string of the molecule is O=C(Cc1ccc2c(c1)OCO2)N/N=C\c1cccc(I)c1. The molecule has 0 bridgehead atoms. The quantitative estimate of drug-likeness (QED) is 0.481. The lowest BCUT2D eigenvalue weighted by atomic mass is 10.1. The molecular formula is C16H13IN2O3. The third-order valence-electron chi connectivity index (χ3n) is 3.05. The van der Waals surface area contributed by atoms with E-state index in [1.807, 2.05) is 36.4 Å². The van der Waals surface area contributed by atoms with Crippen LogP contribution in [0, 0.1) is 3.57 Å². The number of carbonyl (C=O) groups is 1. The zero-order valence-corrected chi connectivity index (χ0v) is 13.7. The van der Waals surface area contributed by atoms with Gasteiger partial charge in [0.25, 0.3) is 0 Å². The maximum atomic E-state index is 11.9. The first-order valence-electron chi connectivity index (χ1n) is 6.67. The smallest absolute Gasteiger partial charge is 0.244 e. The molecule has 0 fully saturated rings. The number of hydrazone groups is 1. The average molecular weight is 408 g/mol. The van der Waals surface area contributed by atoms with E-state index < -0.39 is 0 Å². The van der Waals surface area contributed by atoms with Crippen molar-refractivity contribution >= 4 is 34.7 Å². The topological polar surface area (TPSA) is 59.9 Å². The van der Waals surface area contributed by atoms with Crippen LogP contribution in [0.2, 0.25) is 0 Å². The van der Waals surface area contributed by atoms with Crippen LogP contribution in [0.15, 0.2) is 47.6 Å². The van der Waals surface area contributed by atoms with E-state index in [2.05, 4.69) is 33.1 Å². The number of carbonyl (C=O) groups excluding carboxylic acids is 1. The van der Waals surface area contributed by atoms with Gasteiger partial charge in [0.05, 0.1) is 12.6 Å². The van der Waals surface area contributed by atoms with Gasteiger partial charge in [-0.3, -0.25) is 4.79 Å². The fraction of sp³-hybridized carbons (Fsp3) is 0.125. The predicted molar refractivity (Wildman–Crippen MR) is 91.2 cm³/mol. The van der Waals surface area contributed by atoms with Crippen LogP contribution in [0.25, 0.3) is 0 Å². The number of benzene rings is 2. The zero-order valence-electron chi connectivity index (χ0n) is 11.6. The maximum absolute atomic E-state index is 11.9. The second kappa shape index (κ2) is 6.78. The zero-order chi connectivity index (χ0) is 15.4. The molecule has 0 saturated carbocycles. The lowest BCUT2D eigenvalue weighted by Crippen LogP contribution is -2.19. The van der Waals surface area contributed by atoms with Gasteiger partial charge in [-0.1, -0.05) is 18.2 Å². The monoisotopic (exact) mass is 408 g/mol. The molecular weight excluding hydrogens is 395 g/mol. The third kappa shape index (κ3) is 3.76.